The summed E-state index contributed by atoms with van der Waals surface area (Å²) in [6.45, 7) is 4.38. The second-order valence-electron chi connectivity index (χ2n) is 10.1. The third-order valence-electron chi connectivity index (χ3n) is 7.26. The Bertz CT molecular complexity index is 1640. The van der Waals surface area contributed by atoms with Crippen LogP contribution >= 0.6 is 11.3 Å². The van der Waals surface area contributed by atoms with Gasteiger partial charge >= 0.3 is 0 Å². The number of rotatable bonds is 5. The van der Waals surface area contributed by atoms with Gasteiger partial charge in [-0.3, -0.25) is 19.0 Å². The van der Waals surface area contributed by atoms with E-state index in [-0.39, 0.29) is 17.8 Å². The standard InChI is InChI=1S/C29H30N6O4S/c1-18(36)30-26-29(38)35(21-8-9-24-22(16-21)34(14-15-39-24)20-6-4-3-5-7-20)23-17-25(40-28(23)32-26)27(37)31-19-10-12-33(2)13-11-19/h3-9,16-17,19H,10-15H2,1-2H3,(H,31,37)(H,30,32,36). The predicted octanol–water partition coefficient (Wildman–Crippen LogP) is 3.76. The van der Waals surface area contributed by atoms with Gasteiger partial charge in [-0.25, -0.2) is 4.98 Å². The van der Waals surface area contributed by atoms with Crippen molar-refractivity contribution in [3.63, 3.8) is 0 Å². The number of benzene rings is 2. The lowest BCUT2D eigenvalue weighted by Gasteiger charge is -2.31. The molecule has 1 saturated heterocycles. The SMILES string of the molecule is CC(=O)Nc1nc2sc(C(=O)NC3CCN(C)CC3)cc2n(-c2ccc3c(c2)N(c2ccccc2)CCO3)c1=O. The van der Waals surface area contributed by atoms with Crippen LogP contribution in [0, 0.1) is 0 Å². The number of carbonyl (C=O) groups is 2. The van der Waals surface area contributed by atoms with Gasteiger partial charge < -0.3 is 25.2 Å². The number of para-hydroxylation sites is 1. The summed E-state index contributed by atoms with van der Waals surface area (Å²) < 4.78 is 7.43. The smallest absolute Gasteiger partial charge is 0.298 e. The van der Waals surface area contributed by atoms with Crippen molar-refractivity contribution in [3.8, 4) is 11.4 Å². The number of thiophene rings is 1. The van der Waals surface area contributed by atoms with Crippen molar-refractivity contribution in [2.24, 2.45) is 0 Å². The highest BCUT2D eigenvalue weighted by Crippen LogP contribution is 2.38. The summed E-state index contributed by atoms with van der Waals surface area (Å²) in [6, 6.07) is 17.3. The number of ether oxygens (including phenoxy) is 1. The number of hydrogen-bond acceptors (Lipinski definition) is 8. The quantitative estimate of drug-likeness (QED) is 0.384. The number of fused-ring (bicyclic) bond motifs is 2. The number of carbonyl (C=O) groups excluding carboxylic acids is 2. The van der Waals surface area contributed by atoms with Crippen LogP contribution in [-0.2, 0) is 4.79 Å². The van der Waals surface area contributed by atoms with E-state index in [9.17, 15) is 14.4 Å². The minimum absolute atomic E-state index is 0.0852. The Balaban J connectivity index is 1.44. The van der Waals surface area contributed by atoms with Gasteiger partial charge in [0.1, 0.15) is 17.2 Å². The van der Waals surface area contributed by atoms with Crippen molar-refractivity contribution < 1.29 is 14.3 Å². The van der Waals surface area contributed by atoms with Gasteiger partial charge in [0, 0.05) is 18.7 Å². The molecule has 2 aliphatic rings. The molecule has 2 N–H and O–H groups in total. The summed E-state index contributed by atoms with van der Waals surface area (Å²) >= 11 is 1.20. The Kier molecular flexibility index (Phi) is 6.99. The molecule has 0 radical (unpaired) electrons. The Morgan fingerprint density at radius 3 is 2.55 bits per heavy atom. The Morgan fingerprint density at radius 2 is 1.80 bits per heavy atom. The second-order valence-corrected chi connectivity index (χ2v) is 11.2. The third-order valence-corrected chi connectivity index (χ3v) is 8.27. The lowest BCUT2D eigenvalue weighted by atomic mass is 10.1. The first-order valence-electron chi connectivity index (χ1n) is 13.3. The van der Waals surface area contributed by atoms with E-state index >= 15 is 0 Å². The van der Waals surface area contributed by atoms with Gasteiger partial charge in [0.2, 0.25) is 11.7 Å². The molecule has 0 atom stereocenters. The van der Waals surface area contributed by atoms with Crippen LogP contribution in [0.5, 0.6) is 5.75 Å². The van der Waals surface area contributed by atoms with Gasteiger partial charge in [0.15, 0.2) is 0 Å². The van der Waals surface area contributed by atoms with Crippen LogP contribution < -0.4 is 25.8 Å². The van der Waals surface area contributed by atoms with E-state index in [1.165, 1.54) is 22.8 Å². The number of anilines is 3. The van der Waals surface area contributed by atoms with Crippen molar-refractivity contribution in [2.45, 2.75) is 25.8 Å². The van der Waals surface area contributed by atoms with Crippen molar-refractivity contribution >= 4 is 50.7 Å². The van der Waals surface area contributed by atoms with E-state index in [0.29, 0.717) is 39.8 Å². The second kappa shape index (κ2) is 10.7. The van der Waals surface area contributed by atoms with Crippen LogP contribution in [0.15, 0.2) is 59.4 Å². The summed E-state index contributed by atoms with van der Waals surface area (Å²) in [5.41, 5.74) is 2.43. The van der Waals surface area contributed by atoms with E-state index in [0.717, 1.165) is 37.3 Å². The van der Waals surface area contributed by atoms with Crippen molar-refractivity contribution in [1.82, 2.24) is 19.8 Å². The molecular formula is C29H30N6O4S. The minimum Gasteiger partial charge on any atom is -0.490 e. The van der Waals surface area contributed by atoms with Gasteiger partial charge in [-0.1, -0.05) is 18.2 Å². The van der Waals surface area contributed by atoms with Gasteiger partial charge in [-0.15, -0.1) is 11.3 Å². The van der Waals surface area contributed by atoms with Gasteiger partial charge in [0.25, 0.3) is 11.5 Å². The van der Waals surface area contributed by atoms with Gasteiger partial charge in [-0.2, -0.15) is 0 Å². The van der Waals surface area contributed by atoms with Crippen molar-refractivity contribution in [3.05, 3.63) is 69.8 Å². The number of hydrogen-bond donors (Lipinski definition) is 2. The summed E-state index contributed by atoms with van der Waals surface area (Å²) in [6.07, 6.45) is 1.77. The van der Waals surface area contributed by atoms with Crippen LogP contribution in [0.4, 0.5) is 17.2 Å². The number of nitrogens with one attached hydrogen (secondary N) is 2. The molecule has 0 saturated carbocycles. The fourth-order valence-corrected chi connectivity index (χ4v) is 6.15. The van der Waals surface area contributed by atoms with Crippen LogP contribution in [-0.4, -0.2) is 65.6 Å². The minimum atomic E-state index is -0.481. The third kappa shape index (κ3) is 5.05. The number of piperidine rings is 1. The highest BCUT2D eigenvalue weighted by atomic mass is 32.1. The molecule has 1 fully saturated rings. The van der Waals surface area contributed by atoms with E-state index < -0.39 is 11.5 Å². The Morgan fingerprint density at radius 1 is 1.02 bits per heavy atom. The first-order valence-corrected chi connectivity index (χ1v) is 14.1. The molecule has 2 aromatic carbocycles. The zero-order chi connectivity index (χ0) is 27.8. The number of nitrogens with zero attached hydrogens (tertiary/aromatic N) is 4. The first kappa shape index (κ1) is 26.0. The van der Waals surface area contributed by atoms with E-state index in [1.807, 2.05) is 48.5 Å². The zero-order valence-corrected chi connectivity index (χ0v) is 23.2. The van der Waals surface area contributed by atoms with Crippen LogP contribution in [0.3, 0.4) is 0 Å². The maximum atomic E-state index is 13.7. The lowest BCUT2D eigenvalue weighted by molar-refractivity contribution is -0.114. The molecule has 0 aliphatic carbocycles. The molecule has 206 valence electrons. The summed E-state index contributed by atoms with van der Waals surface area (Å²) in [5, 5.41) is 5.70. The molecule has 6 rings (SSSR count). The van der Waals surface area contributed by atoms with Crippen LogP contribution in [0.2, 0.25) is 0 Å². The summed E-state index contributed by atoms with van der Waals surface area (Å²) in [7, 11) is 2.08. The molecule has 0 bridgehead atoms. The normalized spacial score (nSPS) is 15.9. The topological polar surface area (TPSA) is 109 Å². The monoisotopic (exact) mass is 558 g/mol. The van der Waals surface area contributed by atoms with E-state index in [1.54, 1.807) is 6.07 Å². The highest BCUT2D eigenvalue weighted by Gasteiger charge is 2.25. The molecule has 4 aromatic rings. The van der Waals surface area contributed by atoms with Crippen LogP contribution in [0.25, 0.3) is 16.0 Å². The largest absolute Gasteiger partial charge is 0.490 e. The number of likely N-dealkylation sites (tertiary alicyclic amines) is 1. The fourth-order valence-electron chi connectivity index (χ4n) is 5.22. The maximum Gasteiger partial charge on any atom is 0.298 e. The molecule has 11 heteroatoms. The van der Waals surface area contributed by atoms with Crippen molar-refractivity contribution in [2.75, 3.05) is 43.5 Å². The average Bonchev–Trinajstić information content (AvgIpc) is 3.38. The molecule has 40 heavy (non-hydrogen) atoms. The van der Waals surface area contributed by atoms with E-state index in [4.69, 9.17) is 4.74 Å². The predicted molar refractivity (Wildman–Crippen MR) is 156 cm³/mol. The maximum absolute atomic E-state index is 13.7. The molecule has 0 spiro atoms. The molecule has 10 nitrogen and oxygen atoms in total. The van der Waals surface area contributed by atoms with Gasteiger partial charge in [0.05, 0.1) is 28.3 Å². The Labute approximate surface area is 235 Å². The number of amides is 2. The molecule has 2 aliphatic heterocycles. The molecule has 0 unspecified atom stereocenters. The highest BCUT2D eigenvalue weighted by molar-refractivity contribution is 7.20. The average molecular weight is 559 g/mol. The molecule has 2 amide bonds. The first-order chi connectivity index (χ1) is 19.4. The molecule has 2 aromatic heterocycles. The Hall–Kier alpha value is -4.22. The fraction of sp³-hybridized carbons (Fsp3) is 0.310. The summed E-state index contributed by atoms with van der Waals surface area (Å²) in [4.78, 5) is 48.6. The van der Waals surface area contributed by atoms with Crippen molar-refractivity contribution in [1.29, 1.82) is 0 Å². The zero-order valence-electron chi connectivity index (χ0n) is 22.3. The summed E-state index contributed by atoms with van der Waals surface area (Å²) in [5.74, 6) is 0.0360. The number of aromatic nitrogens is 2. The van der Waals surface area contributed by atoms with Gasteiger partial charge in [-0.05, 0) is 69.4 Å². The van der Waals surface area contributed by atoms with E-state index in [2.05, 4.69) is 32.5 Å². The molecular weight excluding hydrogens is 528 g/mol. The molecule has 4 heterocycles. The van der Waals surface area contributed by atoms with Crippen LogP contribution in [0.1, 0.15) is 29.4 Å². The lowest BCUT2D eigenvalue weighted by Crippen LogP contribution is -2.43.